The van der Waals surface area contributed by atoms with Crippen LogP contribution in [0.2, 0.25) is 0 Å². The molecule has 0 saturated carbocycles. The Morgan fingerprint density at radius 1 is 1.20 bits per heavy atom. The van der Waals surface area contributed by atoms with Crippen LogP contribution in [0.25, 0.3) is 0 Å². The SMILES string of the molecule is O=C[C@H](O)[C@@H](O)[C@H](O)[C@H](O)COC(=O)O. The third-order valence-corrected chi connectivity index (χ3v) is 1.61. The van der Waals surface area contributed by atoms with Crippen molar-refractivity contribution < 1.29 is 39.9 Å². The molecule has 8 heteroatoms. The van der Waals surface area contributed by atoms with Gasteiger partial charge in [-0.2, -0.15) is 0 Å². The lowest BCUT2D eigenvalue weighted by atomic mass is 10.0. The highest BCUT2D eigenvalue weighted by molar-refractivity contribution is 5.57. The number of ether oxygens (including phenoxy) is 1. The number of rotatable bonds is 6. The first-order valence-electron chi connectivity index (χ1n) is 3.93. The molecule has 0 bridgehead atoms. The number of carbonyl (C=O) groups excluding carboxylic acids is 1. The Hall–Kier alpha value is -1.22. The van der Waals surface area contributed by atoms with Crippen molar-refractivity contribution in [3.05, 3.63) is 0 Å². The van der Waals surface area contributed by atoms with Crippen LogP contribution in [0.15, 0.2) is 0 Å². The number of hydrogen-bond acceptors (Lipinski definition) is 7. The molecule has 4 atom stereocenters. The van der Waals surface area contributed by atoms with E-state index < -0.39 is 37.2 Å². The van der Waals surface area contributed by atoms with Crippen LogP contribution in [0.5, 0.6) is 0 Å². The number of aldehydes is 1. The first kappa shape index (κ1) is 13.8. The van der Waals surface area contributed by atoms with Crippen molar-refractivity contribution in [3.63, 3.8) is 0 Å². The Labute approximate surface area is 84.3 Å². The normalized spacial score (nSPS) is 18.7. The fraction of sp³-hybridized carbons (Fsp3) is 0.714. The summed E-state index contributed by atoms with van der Waals surface area (Å²) >= 11 is 0. The van der Waals surface area contributed by atoms with Gasteiger partial charge in [0.25, 0.3) is 0 Å². The molecule has 0 aromatic heterocycles. The highest BCUT2D eigenvalue weighted by atomic mass is 16.7. The lowest BCUT2D eigenvalue weighted by molar-refractivity contribution is -0.137. The van der Waals surface area contributed by atoms with Crippen LogP contribution < -0.4 is 0 Å². The van der Waals surface area contributed by atoms with Crippen LogP contribution in [-0.4, -0.2) is 69.0 Å². The third kappa shape index (κ3) is 4.70. The fourth-order valence-electron chi connectivity index (χ4n) is 0.765. The monoisotopic (exact) mass is 224 g/mol. The van der Waals surface area contributed by atoms with Gasteiger partial charge in [0.15, 0.2) is 6.29 Å². The van der Waals surface area contributed by atoms with Crippen LogP contribution in [0, 0.1) is 0 Å². The highest BCUT2D eigenvalue weighted by Gasteiger charge is 2.30. The second-order valence-electron chi connectivity index (χ2n) is 2.75. The van der Waals surface area contributed by atoms with Crippen LogP contribution >= 0.6 is 0 Å². The van der Waals surface area contributed by atoms with E-state index in [-0.39, 0.29) is 6.29 Å². The largest absolute Gasteiger partial charge is 0.505 e. The van der Waals surface area contributed by atoms with Gasteiger partial charge in [0.05, 0.1) is 0 Å². The van der Waals surface area contributed by atoms with E-state index in [9.17, 15) is 9.59 Å². The Kier molecular flexibility index (Phi) is 5.79. The fourth-order valence-corrected chi connectivity index (χ4v) is 0.765. The number of carbonyl (C=O) groups is 2. The van der Waals surface area contributed by atoms with Crippen molar-refractivity contribution in [2.45, 2.75) is 24.4 Å². The van der Waals surface area contributed by atoms with Crippen LogP contribution in [-0.2, 0) is 9.53 Å². The zero-order chi connectivity index (χ0) is 12.0. The van der Waals surface area contributed by atoms with E-state index in [4.69, 9.17) is 25.5 Å². The summed E-state index contributed by atoms with van der Waals surface area (Å²) in [5.41, 5.74) is 0. The summed E-state index contributed by atoms with van der Waals surface area (Å²) in [6, 6.07) is 0. The van der Waals surface area contributed by atoms with Gasteiger partial charge in [-0.05, 0) is 0 Å². The maximum absolute atomic E-state index is 10.0. The minimum Gasteiger partial charge on any atom is -0.450 e. The lowest BCUT2D eigenvalue weighted by Crippen LogP contribution is -2.46. The molecule has 0 heterocycles. The molecule has 88 valence electrons. The highest BCUT2D eigenvalue weighted by Crippen LogP contribution is 2.04. The molecule has 0 fully saturated rings. The molecular formula is C7H12O8. The number of aliphatic hydroxyl groups excluding tert-OH is 4. The van der Waals surface area contributed by atoms with Gasteiger partial charge in [-0.15, -0.1) is 0 Å². The Bertz CT molecular complexity index is 217. The van der Waals surface area contributed by atoms with Crippen molar-refractivity contribution in [2.24, 2.45) is 0 Å². The van der Waals surface area contributed by atoms with E-state index in [1.165, 1.54) is 0 Å². The first-order valence-corrected chi connectivity index (χ1v) is 3.93. The van der Waals surface area contributed by atoms with Crippen molar-refractivity contribution in [3.8, 4) is 0 Å². The minimum absolute atomic E-state index is 0.0291. The molecule has 0 aliphatic rings. The second kappa shape index (κ2) is 6.30. The van der Waals surface area contributed by atoms with Gasteiger partial charge in [-0.3, -0.25) is 0 Å². The zero-order valence-corrected chi connectivity index (χ0v) is 7.55. The zero-order valence-electron chi connectivity index (χ0n) is 7.55. The molecule has 0 aliphatic heterocycles. The van der Waals surface area contributed by atoms with Gasteiger partial charge < -0.3 is 35.1 Å². The molecule has 0 saturated heterocycles. The van der Waals surface area contributed by atoms with Crippen molar-refractivity contribution in [2.75, 3.05) is 6.61 Å². The molecule has 5 N–H and O–H groups in total. The number of carboxylic acid groups (broad SMARTS) is 1. The molecule has 0 rings (SSSR count). The van der Waals surface area contributed by atoms with Crippen LogP contribution in [0.1, 0.15) is 0 Å². The maximum atomic E-state index is 10.0. The quantitative estimate of drug-likeness (QED) is 0.242. The Morgan fingerprint density at radius 2 is 1.73 bits per heavy atom. The summed E-state index contributed by atoms with van der Waals surface area (Å²) in [5, 5.41) is 44.0. The van der Waals surface area contributed by atoms with E-state index in [2.05, 4.69) is 4.74 Å². The topological polar surface area (TPSA) is 145 Å². The smallest absolute Gasteiger partial charge is 0.450 e. The Balaban J connectivity index is 4.11. The lowest BCUT2D eigenvalue weighted by Gasteiger charge is -2.23. The summed E-state index contributed by atoms with van der Waals surface area (Å²) in [6.07, 6.45) is -9.07. The van der Waals surface area contributed by atoms with Gasteiger partial charge in [-0.1, -0.05) is 0 Å². The summed E-state index contributed by atoms with van der Waals surface area (Å²) in [4.78, 5) is 19.9. The average Bonchev–Trinajstić information content (AvgIpc) is 2.22. The average molecular weight is 224 g/mol. The third-order valence-electron chi connectivity index (χ3n) is 1.61. The molecule has 8 nitrogen and oxygen atoms in total. The predicted molar refractivity (Wildman–Crippen MR) is 44.1 cm³/mol. The molecule has 0 amide bonds. The van der Waals surface area contributed by atoms with Crippen molar-refractivity contribution in [1.82, 2.24) is 0 Å². The van der Waals surface area contributed by atoms with E-state index in [1.807, 2.05) is 0 Å². The first-order chi connectivity index (χ1) is 6.90. The maximum Gasteiger partial charge on any atom is 0.505 e. The van der Waals surface area contributed by atoms with Crippen LogP contribution in [0.3, 0.4) is 0 Å². The molecular weight excluding hydrogens is 212 g/mol. The standard InChI is InChI=1S/C7H12O8/c8-1-3(9)5(11)6(12)4(10)2-15-7(13)14/h1,3-6,9-12H,2H2,(H,13,14)/t3-,4+,5+,6+/m0/s1. The van der Waals surface area contributed by atoms with Gasteiger partial charge in [-0.25, -0.2) is 4.79 Å². The second-order valence-corrected chi connectivity index (χ2v) is 2.75. The van der Waals surface area contributed by atoms with Gasteiger partial charge in [0.1, 0.15) is 31.0 Å². The summed E-state index contributed by atoms with van der Waals surface area (Å²) in [6.45, 7) is -0.779. The summed E-state index contributed by atoms with van der Waals surface area (Å²) < 4.78 is 3.91. The Morgan fingerprint density at radius 3 is 2.13 bits per heavy atom. The summed E-state index contributed by atoms with van der Waals surface area (Å²) in [7, 11) is 0. The minimum atomic E-state index is -1.91. The molecule has 0 aliphatic carbocycles. The summed E-state index contributed by atoms with van der Waals surface area (Å²) in [5.74, 6) is 0. The van der Waals surface area contributed by atoms with E-state index in [0.717, 1.165) is 0 Å². The number of aliphatic hydroxyl groups is 4. The van der Waals surface area contributed by atoms with Gasteiger partial charge >= 0.3 is 6.16 Å². The van der Waals surface area contributed by atoms with Crippen molar-refractivity contribution in [1.29, 1.82) is 0 Å². The molecule has 0 unspecified atom stereocenters. The van der Waals surface area contributed by atoms with Crippen LogP contribution in [0.4, 0.5) is 4.79 Å². The van der Waals surface area contributed by atoms with E-state index >= 15 is 0 Å². The number of hydrogen-bond donors (Lipinski definition) is 5. The van der Waals surface area contributed by atoms with Crippen molar-refractivity contribution >= 4 is 12.4 Å². The molecule has 0 radical (unpaired) electrons. The van der Waals surface area contributed by atoms with E-state index in [1.54, 1.807) is 0 Å². The van der Waals surface area contributed by atoms with Gasteiger partial charge in [0.2, 0.25) is 0 Å². The predicted octanol–water partition coefficient (Wildman–Crippen LogP) is -2.68. The molecule has 15 heavy (non-hydrogen) atoms. The van der Waals surface area contributed by atoms with E-state index in [0.29, 0.717) is 0 Å². The van der Waals surface area contributed by atoms with Gasteiger partial charge in [0, 0.05) is 0 Å². The molecule has 0 aromatic rings. The molecule has 0 aromatic carbocycles. The molecule has 0 spiro atoms.